The van der Waals surface area contributed by atoms with E-state index in [2.05, 4.69) is 36.1 Å². The van der Waals surface area contributed by atoms with Crippen LogP contribution in [0.25, 0.3) is 0 Å². The number of nitrogens with zero attached hydrogens (tertiary/aromatic N) is 3. The van der Waals surface area contributed by atoms with Gasteiger partial charge in [-0.1, -0.05) is 12.8 Å². The lowest BCUT2D eigenvalue weighted by Gasteiger charge is -2.19. The minimum absolute atomic E-state index is 0.0219. The minimum atomic E-state index is -0.0920. The minimum Gasteiger partial charge on any atom is -0.352 e. The first-order valence-corrected chi connectivity index (χ1v) is 8.52. The van der Waals surface area contributed by atoms with Gasteiger partial charge in [-0.25, -0.2) is 0 Å². The van der Waals surface area contributed by atoms with Crippen LogP contribution in [0.4, 0.5) is 0 Å². The highest BCUT2D eigenvalue weighted by atomic mass is 16.1. The summed E-state index contributed by atoms with van der Waals surface area (Å²) >= 11 is 0. The van der Waals surface area contributed by atoms with Crippen LogP contribution in [0.1, 0.15) is 63.2 Å². The van der Waals surface area contributed by atoms with Crippen molar-refractivity contribution in [1.29, 1.82) is 0 Å². The van der Waals surface area contributed by atoms with E-state index in [1.54, 1.807) is 6.20 Å². The molecule has 1 aromatic heterocycles. The molecule has 1 saturated heterocycles. The van der Waals surface area contributed by atoms with Crippen molar-refractivity contribution in [2.24, 2.45) is 0 Å². The van der Waals surface area contributed by atoms with Gasteiger partial charge in [-0.05, 0) is 59.7 Å². The van der Waals surface area contributed by atoms with Crippen LogP contribution in [-0.4, -0.2) is 46.8 Å². The number of rotatable bonds is 5. The van der Waals surface area contributed by atoms with E-state index in [0.29, 0.717) is 5.56 Å². The second-order valence-corrected chi connectivity index (χ2v) is 7.21. The number of carbonyl (C=O) groups excluding carboxylic acids is 1. The van der Waals surface area contributed by atoms with Crippen molar-refractivity contribution < 1.29 is 4.79 Å². The van der Waals surface area contributed by atoms with E-state index in [4.69, 9.17) is 0 Å². The molecular weight excluding hydrogens is 276 g/mol. The summed E-state index contributed by atoms with van der Waals surface area (Å²) in [5, 5.41) is 7.27. The third-order valence-electron chi connectivity index (χ3n) is 4.17. The molecule has 124 valence electrons. The fraction of sp³-hybridized carbons (Fsp3) is 0.765. The molecule has 5 heteroatoms. The Labute approximate surface area is 134 Å². The summed E-state index contributed by atoms with van der Waals surface area (Å²) in [5.41, 5.74) is 0.551. The Kier molecular flexibility index (Phi) is 6.00. The average molecular weight is 306 g/mol. The normalized spacial score (nSPS) is 17.2. The van der Waals surface area contributed by atoms with Crippen molar-refractivity contribution in [3.05, 3.63) is 18.0 Å². The van der Waals surface area contributed by atoms with Crippen LogP contribution in [0.3, 0.4) is 0 Å². The van der Waals surface area contributed by atoms with Gasteiger partial charge in [0.2, 0.25) is 0 Å². The summed E-state index contributed by atoms with van der Waals surface area (Å²) in [4.78, 5) is 14.6. The number of amides is 1. The molecular formula is C17H30N4O. The molecule has 1 aliphatic rings. The van der Waals surface area contributed by atoms with Crippen LogP contribution >= 0.6 is 0 Å². The molecule has 2 rings (SSSR count). The van der Waals surface area contributed by atoms with Crippen molar-refractivity contribution in [2.45, 2.75) is 58.4 Å². The number of hydrogen-bond acceptors (Lipinski definition) is 3. The van der Waals surface area contributed by atoms with Gasteiger partial charge in [0.25, 0.3) is 5.91 Å². The van der Waals surface area contributed by atoms with Gasteiger partial charge in [0.1, 0.15) is 0 Å². The molecule has 1 aliphatic heterocycles. The van der Waals surface area contributed by atoms with E-state index in [9.17, 15) is 4.79 Å². The smallest absolute Gasteiger partial charge is 0.254 e. The van der Waals surface area contributed by atoms with E-state index in [1.807, 2.05) is 10.9 Å². The van der Waals surface area contributed by atoms with Gasteiger partial charge in [0, 0.05) is 12.7 Å². The summed E-state index contributed by atoms with van der Waals surface area (Å²) < 4.78 is 1.83. The summed E-state index contributed by atoms with van der Waals surface area (Å²) in [7, 11) is 0. The molecule has 1 fully saturated rings. The van der Waals surface area contributed by atoms with Crippen LogP contribution in [0, 0.1) is 0 Å². The highest BCUT2D eigenvalue weighted by Gasteiger charge is 2.16. The Hall–Kier alpha value is -1.36. The molecule has 1 amide bonds. The van der Waals surface area contributed by atoms with Gasteiger partial charge >= 0.3 is 0 Å². The molecule has 0 radical (unpaired) electrons. The maximum Gasteiger partial charge on any atom is 0.254 e. The zero-order valence-electron chi connectivity index (χ0n) is 14.3. The maximum absolute atomic E-state index is 12.1. The first-order chi connectivity index (χ1) is 10.5. The first kappa shape index (κ1) is 17.0. The molecule has 0 saturated carbocycles. The van der Waals surface area contributed by atoms with Crippen LogP contribution < -0.4 is 5.32 Å². The van der Waals surface area contributed by atoms with E-state index in [1.165, 1.54) is 38.8 Å². The molecule has 2 heterocycles. The summed E-state index contributed by atoms with van der Waals surface area (Å²) in [6.45, 7) is 10.5. The Morgan fingerprint density at radius 2 is 1.91 bits per heavy atom. The quantitative estimate of drug-likeness (QED) is 0.851. The van der Waals surface area contributed by atoms with Crippen LogP contribution in [0.2, 0.25) is 0 Å². The van der Waals surface area contributed by atoms with Gasteiger partial charge in [-0.3, -0.25) is 9.48 Å². The van der Waals surface area contributed by atoms with Crippen molar-refractivity contribution in [3.63, 3.8) is 0 Å². The molecule has 1 aromatic rings. The summed E-state index contributed by atoms with van der Waals surface area (Å²) in [6, 6.07) is 0. The van der Waals surface area contributed by atoms with Crippen molar-refractivity contribution in [2.75, 3.05) is 26.2 Å². The zero-order chi connectivity index (χ0) is 16.0. The van der Waals surface area contributed by atoms with Crippen molar-refractivity contribution >= 4 is 5.91 Å². The average Bonchev–Trinajstić information content (AvgIpc) is 2.83. The Bertz CT molecular complexity index is 467. The van der Waals surface area contributed by atoms with E-state index in [0.717, 1.165) is 19.5 Å². The van der Waals surface area contributed by atoms with Crippen LogP contribution in [-0.2, 0) is 5.54 Å². The van der Waals surface area contributed by atoms with E-state index >= 15 is 0 Å². The molecule has 0 aliphatic carbocycles. The topological polar surface area (TPSA) is 50.2 Å². The van der Waals surface area contributed by atoms with Crippen LogP contribution in [0.15, 0.2) is 12.4 Å². The predicted molar refractivity (Wildman–Crippen MR) is 89.1 cm³/mol. The Morgan fingerprint density at radius 3 is 2.50 bits per heavy atom. The lowest BCUT2D eigenvalue weighted by Crippen LogP contribution is -2.30. The fourth-order valence-electron chi connectivity index (χ4n) is 2.77. The van der Waals surface area contributed by atoms with Gasteiger partial charge in [0.15, 0.2) is 0 Å². The molecule has 0 aromatic carbocycles. The lowest BCUT2D eigenvalue weighted by molar-refractivity contribution is 0.0951. The van der Waals surface area contributed by atoms with Gasteiger partial charge < -0.3 is 10.2 Å². The van der Waals surface area contributed by atoms with Gasteiger partial charge in [-0.15, -0.1) is 0 Å². The standard InChI is InChI=1S/C17H30N4O/c1-17(2,3)21-14-15(13-19-21)16(22)18-9-8-12-20-10-6-4-5-7-11-20/h13-14H,4-12H2,1-3H3,(H,18,22). The molecule has 0 atom stereocenters. The Morgan fingerprint density at radius 1 is 1.23 bits per heavy atom. The number of aromatic nitrogens is 2. The summed E-state index contributed by atoms with van der Waals surface area (Å²) in [5.74, 6) is -0.0219. The predicted octanol–water partition coefficient (Wildman–Crippen LogP) is 2.63. The van der Waals surface area contributed by atoms with Crippen molar-refractivity contribution in [3.8, 4) is 0 Å². The second-order valence-electron chi connectivity index (χ2n) is 7.21. The maximum atomic E-state index is 12.1. The SMILES string of the molecule is CC(C)(C)n1cc(C(=O)NCCCN2CCCCCC2)cn1. The number of carbonyl (C=O) groups is 1. The van der Waals surface area contributed by atoms with Gasteiger partial charge in [-0.2, -0.15) is 5.10 Å². The lowest BCUT2D eigenvalue weighted by atomic mass is 10.1. The molecule has 0 spiro atoms. The number of nitrogens with one attached hydrogen (secondary N) is 1. The molecule has 0 unspecified atom stereocenters. The molecule has 5 nitrogen and oxygen atoms in total. The number of likely N-dealkylation sites (tertiary alicyclic amines) is 1. The highest BCUT2D eigenvalue weighted by Crippen LogP contribution is 2.13. The molecule has 0 bridgehead atoms. The van der Waals surface area contributed by atoms with E-state index < -0.39 is 0 Å². The largest absolute Gasteiger partial charge is 0.352 e. The zero-order valence-corrected chi connectivity index (χ0v) is 14.3. The second kappa shape index (κ2) is 7.77. The molecule has 1 N–H and O–H groups in total. The highest BCUT2D eigenvalue weighted by molar-refractivity contribution is 5.93. The number of hydrogen-bond donors (Lipinski definition) is 1. The Balaban J connectivity index is 1.70. The first-order valence-electron chi connectivity index (χ1n) is 8.52. The van der Waals surface area contributed by atoms with Gasteiger partial charge in [0.05, 0.1) is 17.3 Å². The molecule has 22 heavy (non-hydrogen) atoms. The summed E-state index contributed by atoms with van der Waals surface area (Å²) in [6.07, 6.45) is 9.85. The van der Waals surface area contributed by atoms with E-state index in [-0.39, 0.29) is 11.4 Å². The third-order valence-corrected chi connectivity index (χ3v) is 4.17. The van der Waals surface area contributed by atoms with Crippen molar-refractivity contribution in [1.82, 2.24) is 20.0 Å². The third kappa shape index (κ3) is 5.13. The monoisotopic (exact) mass is 306 g/mol. The van der Waals surface area contributed by atoms with Crippen LogP contribution in [0.5, 0.6) is 0 Å². The fourth-order valence-corrected chi connectivity index (χ4v) is 2.77.